The summed E-state index contributed by atoms with van der Waals surface area (Å²) in [5.74, 6) is 0.593. The van der Waals surface area contributed by atoms with Gasteiger partial charge in [-0.25, -0.2) is 4.98 Å². The van der Waals surface area contributed by atoms with Gasteiger partial charge in [0.25, 0.3) is 0 Å². The van der Waals surface area contributed by atoms with Crippen molar-refractivity contribution in [3.05, 3.63) is 65.3 Å². The minimum absolute atomic E-state index is 0.222. The number of rotatable bonds is 11. The van der Waals surface area contributed by atoms with Gasteiger partial charge in [-0.1, -0.05) is 24.6 Å². The SMILES string of the molecule is CN(C1CC(OCCCCC2=CCc3cccnc3N2)C1)[C@H](C(=O)O)c1cccnc1C1CCC1. The Morgan fingerprint density at radius 1 is 1.20 bits per heavy atom. The van der Waals surface area contributed by atoms with Crippen molar-refractivity contribution in [2.75, 3.05) is 19.0 Å². The van der Waals surface area contributed by atoms with Gasteiger partial charge in [0, 0.05) is 47.9 Å². The molecule has 186 valence electrons. The molecule has 1 aliphatic heterocycles. The van der Waals surface area contributed by atoms with Crippen molar-refractivity contribution in [1.29, 1.82) is 0 Å². The van der Waals surface area contributed by atoms with Crippen LogP contribution >= 0.6 is 0 Å². The number of likely N-dealkylation sites (N-methyl/N-ethyl adjacent to an activating group) is 1. The third-order valence-corrected chi connectivity index (χ3v) is 7.88. The van der Waals surface area contributed by atoms with E-state index in [9.17, 15) is 9.90 Å². The lowest BCUT2D eigenvalue weighted by atomic mass is 9.79. The highest BCUT2D eigenvalue weighted by Crippen LogP contribution is 2.41. The van der Waals surface area contributed by atoms with E-state index in [1.165, 1.54) is 17.7 Å². The molecule has 2 saturated carbocycles. The summed E-state index contributed by atoms with van der Waals surface area (Å²) >= 11 is 0. The number of nitrogens with zero attached hydrogens (tertiary/aromatic N) is 3. The van der Waals surface area contributed by atoms with Gasteiger partial charge in [-0.3, -0.25) is 14.7 Å². The Labute approximate surface area is 207 Å². The molecule has 0 radical (unpaired) electrons. The number of ether oxygens (including phenoxy) is 1. The highest BCUT2D eigenvalue weighted by molar-refractivity contribution is 5.76. The maximum Gasteiger partial charge on any atom is 0.325 e. The number of aliphatic carboxylic acids is 1. The number of allylic oxidation sites excluding steroid dienone is 2. The van der Waals surface area contributed by atoms with Gasteiger partial charge >= 0.3 is 5.97 Å². The van der Waals surface area contributed by atoms with Crippen molar-refractivity contribution < 1.29 is 14.6 Å². The first kappa shape index (κ1) is 23.9. The number of pyridine rings is 2. The van der Waals surface area contributed by atoms with Gasteiger partial charge in [0.1, 0.15) is 11.9 Å². The molecule has 1 atom stereocenters. The molecule has 0 aromatic carbocycles. The third kappa shape index (κ3) is 5.41. The topological polar surface area (TPSA) is 87.6 Å². The fraction of sp³-hybridized carbons (Fsp3) is 0.536. The standard InChI is InChI=1S/C28H36N4O3/c1-32(26(28(33)34)24-11-6-14-29-25(24)19-7-4-8-19)22-17-23(18-22)35-16-3-2-10-21-13-12-20-9-5-15-30-27(20)31-21/h5-6,9,11,13-15,19,22-23,26H,2-4,7-8,10,12,16-18H2,1H3,(H,30,31)(H,33,34)/t22?,23?,26-/m0/s1. The molecule has 5 rings (SSSR count). The zero-order chi connectivity index (χ0) is 24.2. The van der Waals surface area contributed by atoms with E-state index in [4.69, 9.17) is 4.74 Å². The molecule has 7 nitrogen and oxygen atoms in total. The number of hydrogen-bond acceptors (Lipinski definition) is 6. The second-order valence-corrected chi connectivity index (χ2v) is 10.2. The van der Waals surface area contributed by atoms with Crippen LogP contribution in [0, 0.1) is 0 Å². The molecule has 3 heterocycles. The molecule has 2 aliphatic carbocycles. The van der Waals surface area contributed by atoms with Crippen LogP contribution in [0.4, 0.5) is 5.82 Å². The predicted molar refractivity (Wildman–Crippen MR) is 135 cm³/mol. The summed E-state index contributed by atoms with van der Waals surface area (Å²) in [6.45, 7) is 0.750. The van der Waals surface area contributed by atoms with Crippen LogP contribution in [0.5, 0.6) is 0 Å². The highest BCUT2D eigenvalue weighted by Gasteiger charge is 2.40. The number of nitrogens with one attached hydrogen (secondary N) is 1. The Morgan fingerprint density at radius 2 is 2.00 bits per heavy atom. The normalized spacial score (nSPS) is 22.4. The zero-order valence-corrected chi connectivity index (χ0v) is 20.5. The van der Waals surface area contributed by atoms with Gasteiger partial charge in [0.05, 0.1) is 6.10 Å². The second-order valence-electron chi connectivity index (χ2n) is 10.2. The Bertz CT molecular complexity index is 1060. The summed E-state index contributed by atoms with van der Waals surface area (Å²) in [6, 6.07) is 7.48. The Hall–Kier alpha value is -2.77. The summed E-state index contributed by atoms with van der Waals surface area (Å²) in [4.78, 5) is 23.3. The number of carboxylic acid groups (broad SMARTS) is 1. The molecule has 7 heteroatoms. The van der Waals surface area contributed by atoms with Gasteiger partial charge in [-0.15, -0.1) is 0 Å². The van der Waals surface area contributed by atoms with Crippen LogP contribution in [0.2, 0.25) is 0 Å². The minimum Gasteiger partial charge on any atom is -0.480 e. The Kier molecular flexibility index (Phi) is 7.44. The van der Waals surface area contributed by atoms with E-state index >= 15 is 0 Å². The Morgan fingerprint density at radius 3 is 2.77 bits per heavy atom. The van der Waals surface area contributed by atoms with Gasteiger partial charge in [0.2, 0.25) is 0 Å². The maximum absolute atomic E-state index is 12.3. The molecule has 0 bridgehead atoms. The molecule has 0 unspecified atom stereocenters. The smallest absolute Gasteiger partial charge is 0.325 e. The summed E-state index contributed by atoms with van der Waals surface area (Å²) in [5, 5.41) is 13.5. The van der Waals surface area contributed by atoms with Crippen LogP contribution in [0.3, 0.4) is 0 Å². The number of carbonyl (C=O) groups is 1. The van der Waals surface area contributed by atoms with Gasteiger partial charge in [0.15, 0.2) is 0 Å². The van der Waals surface area contributed by atoms with Crippen molar-refractivity contribution >= 4 is 11.8 Å². The molecule has 2 aromatic rings. The van der Waals surface area contributed by atoms with Crippen LogP contribution in [0.25, 0.3) is 0 Å². The molecule has 2 fully saturated rings. The van der Waals surface area contributed by atoms with Crippen LogP contribution in [-0.2, 0) is 16.0 Å². The Balaban J connectivity index is 1.04. The number of fused-ring (bicyclic) bond motifs is 1. The molecule has 3 aliphatic rings. The van der Waals surface area contributed by atoms with E-state index in [1.807, 2.05) is 36.3 Å². The second kappa shape index (κ2) is 10.9. The summed E-state index contributed by atoms with van der Waals surface area (Å²) in [6.07, 6.45) is 15.3. The van der Waals surface area contributed by atoms with E-state index in [1.54, 1.807) is 6.20 Å². The summed E-state index contributed by atoms with van der Waals surface area (Å²) in [5.41, 5.74) is 4.34. The van der Waals surface area contributed by atoms with Crippen LogP contribution in [0.15, 0.2) is 48.4 Å². The van der Waals surface area contributed by atoms with E-state index in [0.29, 0.717) is 5.92 Å². The van der Waals surface area contributed by atoms with Crippen molar-refractivity contribution in [1.82, 2.24) is 14.9 Å². The summed E-state index contributed by atoms with van der Waals surface area (Å²) < 4.78 is 6.10. The lowest BCUT2D eigenvalue weighted by molar-refractivity contribution is -0.146. The van der Waals surface area contributed by atoms with E-state index in [0.717, 1.165) is 75.0 Å². The zero-order valence-electron chi connectivity index (χ0n) is 20.5. The molecular weight excluding hydrogens is 440 g/mol. The number of anilines is 1. The highest BCUT2D eigenvalue weighted by atomic mass is 16.5. The fourth-order valence-corrected chi connectivity index (χ4v) is 5.41. The van der Waals surface area contributed by atoms with Crippen molar-refractivity contribution in [2.24, 2.45) is 0 Å². The third-order valence-electron chi connectivity index (χ3n) is 7.88. The summed E-state index contributed by atoms with van der Waals surface area (Å²) in [7, 11) is 1.94. The fourth-order valence-electron chi connectivity index (χ4n) is 5.41. The van der Waals surface area contributed by atoms with Gasteiger partial charge in [-0.05, 0) is 76.1 Å². The lowest BCUT2D eigenvalue weighted by Gasteiger charge is -2.43. The van der Waals surface area contributed by atoms with Gasteiger partial charge < -0.3 is 15.2 Å². The predicted octanol–water partition coefficient (Wildman–Crippen LogP) is 5.07. The average Bonchev–Trinajstić information content (AvgIpc) is 2.79. The largest absolute Gasteiger partial charge is 0.480 e. The molecule has 2 N–H and O–H groups in total. The quantitative estimate of drug-likeness (QED) is 0.438. The number of carboxylic acids is 1. The van der Waals surface area contributed by atoms with Gasteiger partial charge in [-0.2, -0.15) is 0 Å². The first-order chi connectivity index (χ1) is 17.1. The maximum atomic E-state index is 12.3. The first-order valence-corrected chi connectivity index (χ1v) is 13.0. The number of unbranched alkanes of at least 4 members (excludes halogenated alkanes) is 1. The minimum atomic E-state index is -0.797. The monoisotopic (exact) mass is 476 g/mol. The molecule has 35 heavy (non-hydrogen) atoms. The number of hydrogen-bond donors (Lipinski definition) is 2. The lowest BCUT2D eigenvalue weighted by Crippen LogP contribution is -2.49. The van der Waals surface area contributed by atoms with Crippen LogP contribution in [0.1, 0.15) is 80.1 Å². The van der Waals surface area contributed by atoms with Crippen LogP contribution in [-0.4, -0.2) is 51.7 Å². The van der Waals surface area contributed by atoms with E-state index < -0.39 is 12.0 Å². The average molecular weight is 477 g/mol. The van der Waals surface area contributed by atoms with Crippen molar-refractivity contribution in [3.63, 3.8) is 0 Å². The number of aromatic nitrogens is 2. The van der Waals surface area contributed by atoms with Crippen LogP contribution < -0.4 is 5.32 Å². The molecule has 0 saturated heterocycles. The van der Waals surface area contributed by atoms with E-state index in [-0.39, 0.29) is 12.1 Å². The van der Waals surface area contributed by atoms with Crippen molar-refractivity contribution in [2.45, 2.75) is 81.9 Å². The molecular formula is C28H36N4O3. The molecule has 2 aromatic heterocycles. The molecule has 0 spiro atoms. The molecule has 0 amide bonds. The first-order valence-electron chi connectivity index (χ1n) is 13.0. The van der Waals surface area contributed by atoms with E-state index in [2.05, 4.69) is 27.4 Å². The van der Waals surface area contributed by atoms with Crippen molar-refractivity contribution in [3.8, 4) is 0 Å².